The van der Waals surface area contributed by atoms with Crippen molar-refractivity contribution in [1.29, 1.82) is 0 Å². The highest BCUT2D eigenvalue weighted by molar-refractivity contribution is 14.1. The minimum atomic E-state index is -1.08. The van der Waals surface area contributed by atoms with Crippen LogP contribution in [0.4, 0.5) is 5.69 Å². The van der Waals surface area contributed by atoms with E-state index in [1.165, 1.54) is 4.90 Å². The zero-order valence-electron chi connectivity index (χ0n) is 10.8. The van der Waals surface area contributed by atoms with Crippen LogP contribution in [-0.2, 0) is 4.79 Å². The lowest BCUT2D eigenvalue weighted by atomic mass is 10.1. The van der Waals surface area contributed by atoms with E-state index in [2.05, 4.69) is 22.6 Å². The van der Waals surface area contributed by atoms with E-state index in [1.807, 2.05) is 0 Å². The fraction of sp³-hybridized carbons (Fsp3) is 0.0667. The quantitative estimate of drug-likeness (QED) is 0.775. The van der Waals surface area contributed by atoms with E-state index in [0.29, 0.717) is 16.3 Å². The molecule has 0 radical (unpaired) electrons. The lowest BCUT2D eigenvalue weighted by molar-refractivity contribution is -0.135. The van der Waals surface area contributed by atoms with Crippen molar-refractivity contribution in [2.24, 2.45) is 0 Å². The Balaban J connectivity index is 2.38. The molecule has 0 aromatic heterocycles. The molecule has 0 fully saturated rings. The number of rotatable bonds is 4. The van der Waals surface area contributed by atoms with Crippen LogP contribution in [0.2, 0.25) is 5.02 Å². The summed E-state index contributed by atoms with van der Waals surface area (Å²) in [4.78, 5) is 24.8. The molecule has 0 saturated carbocycles. The maximum absolute atomic E-state index is 12.5. The van der Waals surface area contributed by atoms with E-state index in [9.17, 15) is 9.59 Å². The molecule has 0 atom stereocenters. The van der Waals surface area contributed by atoms with Crippen molar-refractivity contribution < 1.29 is 14.7 Å². The molecule has 0 aliphatic rings. The van der Waals surface area contributed by atoms with Gasteiger partial charge in [0, 0.05) is 14.8 Å². The molecule has 21 heavy (non-hydrogen) atoms. The number of benzene rings is 2. The molecule has 2 rings (SSSR count). The predicted octanol–water partition coefficient (Wildman–Crippen LogP) is 3.68. The lowest BCUT2D eigenvalue weighted by Crippen LogP contribution is -2.35. The van der Waals surface area contributed by atoms with Gasteiger partial charge < -0.3 is 5.11 Å². The molecular weight excluding hydrogens is 405 g/mol. The van der Waals surface area contributed by atoms with Gasteiger partial charge >= 0.3 is 5.97 Å². The summed E-state index contributed by atoms with van der Waals surface area (Å²) in [5.41, 5.74) is 0.880. The summed E-state index contributed by atoms with van der Waals surface area (Å²) in [5.74, 6) is -1.48. The van der Waals surface area contributed by atoms with Crippen molar-refractivity contribution in [2.75, 3.05) is 11.4 Å². The molecule has 0 heterocycles. The molecular formula is C15H11ClINO3. The summed E-state index contributed by atoms with van der Waals surface area (Å²) in [5, 5.41) is 9.48. The number of aliphatic carboxylic acids is 1. The minimum absolute atomic E-state index is 0.352. The Morgan fingerprint density at radius 3 is 2.38 bits per heavy atom. The van der Waals surface area contributed by atoms with Crippen molar-refractivity contribution in [1.82, 2.24) is 0 Å². The third-order valence-corrected chi connectivity index (χ3v) is 4.35. The van der Waals surface area contributed by atoms with E-state index in [-0.39, 0.29) is 0 Å². The van der Waals surface area contributed by atoms with Gasteiger partial charge in [0.1, 0.15) is 6.54 Å². The molecule has 0 saturated heterocycles. The second kappa shape index (κ2) is 6.91. The topological polar surface area (TPSA) is 57.6 Å². The molecule has 0 aliphatic carbocycles. The Morgan fingerprint density at radius 2 is 1.81 bits per heavy atom. The monoisotopic (exact) mass is 415 g/mol. The van der Waals surface area contributed by atoms with Crippen LogP contribution < -0.4 is 4.90 Å². The van der Waals surface area contributed by atoms with Gasteiger partial charge in [-0.25, -0.2) is 0 Å². The Bertz CT molecular complexity index is 676. The van der Waals surface area contributed by atoms with Gasteiger partial charge in [-0.3, -0.25) is 14.5 Å². The van der Waals surface area contributed by atoms with Crippen LogP contribution in [0, 0.1) is 3.57 Å². The number of halogens is 2. The molecule has 2 aromatic carbocycles. The molecule has 0 unspecified atom stereocenters. The number of nitrogens with zero attached hydrogens (tertiary/aromatic N) is 1. The molecule has 1 N–H and O–H groups in total. The number of hydrogen-bond donors (Lipinski definition) is 1. The molecule has 0 bridgehead atoms. The van der Waals surface area contributed by atoms with Crippen LogP contribution in [0.5, 0.6) is 0 Å². The van der Waals surface area contributed by atoms with Gasteiger partial charge in [0.05, 0.1) is 5.02 Å². The van der Waals surface area contributed by atoms with E-state index < -0.39 is 18.4 Å². The standard InChI is InChI=1S/C15H11ClINO3/c16-12-8-10(6-7-13(12)17)15(21)18(9-14(19)20)11-4-2-1-3-5-11/h1-8H,9H2,(H,19,20). The first-order valence-corrected chi connectivity index (χ1v) is 7.48. The first-order valence-electron chi connectivity index (χ1n) is 6.03. The van der Waals surface area contributed by atoms with Crippen LogP contribution >= 0.6 is 34.2 Å². The van der Waals surface area contributed by atoms with Gasteiger partial charge in [0.15, 0.2) is 0 Å². The van der Waals surface area contributed by atoms with Crippen molar-refractivity contribution in [2.45, 2.75) is 0 Å². The Labute approximate surface area is 140 Å². The number of hydrogen-bond acceptors (Lipinski definition) is 2. The average molecular weight is 416 g/mol. The molecule has 0 aliphatic heterocycles. The normalized spacial score (nSPS) is 10.2. The number of carbonyl (C=O) groups excluding carboxylic acids is 1. The SMILES string of the molecule is O=C(O)CN(C(=O)c1ccc(I)c(Cl)c1)c1ccccc1. The van der Waals surface area contributed by atoms with E-state index in [1.54, 1.807) is 48.5 Å². The van der Waals surface area contributed by atoms with Gasteiger partial charge in [0.2, 0.25) is 0 Å². The van der Waals surface area contributed by atoms with Crippen LogP contribution in [0.3, 0.4) is 0 Å². The maximum atomic E-state index is 12.5. The van der Waals surface area contributed by atoms with Crippen molar-refractivity contribution in [3.63, 3.8) is 0 Å². The Kier molecular flexibility index (Phi) is 5.19. The van der Waals surface area contributed by atoms with Gasteiger partial charge in [-0.05, 0) is 52.9 Å². The summed E-state index contributed by atoms with van der Waals surface area (Å²) >= 11 is 8.08. The van der Waals surface area contributed by atoms with Crippen molar-refractivity contribution in [3.05, 3.63) is 62.7 Å². The minimum Gasteiger partial charge on any atom is -0.480 e. The van der Waals surface area contributed by atoms with E-state index >= 15 is 0 Å². The van der Waals surface area contributed by atoms with E-state index in [0.717, 1.165) is 3.57 Å². The highest BCUT2D eigenvalue weighted by Gasteiger charge is 2.20. The zero-order valence-corrected chi connectivity index (χ0v) is 13.7. The number of carboxylic acids is 1. The second-order valence-corrected chi connectivity index (χ2v) is 5.82. The van der Waals surface area contributed by atoms with Gasteiger partial charge in [-0.2, -0.15) is 0 Å². The molecule has 4 nitrogen and oxygen atoms in total. The molecule has 108 valence electrons. The highest BCUT2D eigenvalue weighted by atomic mass is 127. The number of carbonyl (C=O) groups is 2. The maximum Gasteiger partial charge on any atom is 0.323 e. The highest BCUT2D eigenvalue weighted by Crippen LogP contribution is 2.22. The summed E-state index contributed by atoms with van der Waals surface area (Å²) in [6, 6.07) is 13.6. The number of anilines is 1. The predicted molar refractivity (Wildman–Crippen MR) is 89.9 cm³/mol. The van der Waals surface area contributed by atoms with E-state index in [4.69, 9.17) is 16.7 Å². The first kappa shape index (κ1) is 15.8. The number of carboxylic acid groups (broad SMARTS) is 1. The van der Waals surface area contributed by atoms with Crippen LogP contribution in [0.15, 0.2) is 48.5 Å². The molecule has 6 heteroatoms. The van der Waals surface area contributed by atoms with Gasteiger partial charge in [0.25, 0.3) is 5.91 Å². The van der Waals surface area contributed by atoms with Gasteiger partial charge in [-0.15, -0.1) is 0 Å². The molecule has 2 aromatic rings. The smallest absolute Gasteiger partial charge is 0.323 e. The summed E-state index contributed by atoms with van der Waals surface area (Å²) < 4.78 is 0.829. The third kappa shape index (κ3) is 3.95. The second-order valence-electron chi connectivity index (χ2n) is 4.25. The van der Waals surface area contributed by atoms with Crippen LogP contribution in [0.1, 0.15) is 10.4 Å². The zero-order chi connectivity index (χ0) is 15.4. The average Bonchev–Trinajstić information content (AvgIpc) is 2.47. The van der Waals surface area contributed by atoms with Crippen molar-refractivity contribution in [3.8, 4) is 0 Å². The van der Waals surface area contributed by atoms with Crippen molar-refractivity contribution >= 4 is 51.8 Å². The summed E-state index contributed by atoms with van der Waals surface area (Å²) in [7, 11) is 0. The summed E-state index contributed by atoms with van der Waals surface area (Å²) in [6.45, 7) is -0.410. The summed E-state index contributed by atoms with van der Waals surface area (Å²) in [6.07, 6.45) is 0. The third-order valence-electron chi connectivity index (χ3n) is 2.77. The van der Waals surface area contributed by atoms with Gasteiger partial charge in [-0.1, -0.05) is 29.8 Å². The number of amides is 1. The molecule has 0 spiro atoms. The Morgan fingerprint density at radius 1 is 1.14 bits per heavy atom. The Hall–Kier alpha value is -1.60. The fourth-order valence-electron chi connectivity index (χ4n) is 1.81. The fourth-order valence-corrected chi connectivity index (χ4v) is 2.32. The largest absolute Gasteiger partial charge is 0.480 e. The lowest BCUT2D eigenvalue weighted by Gasteiger charge is -2.21. The van der Waals surface area contributed by atoms with Crippen LogP contribution in [-0.4, -0.2) is 23.5 Å². The van der Waals surface area contributed by atoms with Crippen LogP contribution in [0.25, 0.3) is 0 Å². The number of para-hydroxylation sites is 1. The molecule has 1 amide bonds. The first-order chi connectivity index (χ1) is 9.99.